The molecule has 0 radical (unpaired) electrons. The van der Waals surface area contributed by atoms with E-state index in [2.05, 4.69) is 15.1 Å². The lowest BCUT2D eigenvalue weighted by Crippen LogP contribution is -2.47. The second-order valence-corrected chi connectivity index (χ2v) is 14.8. The summed E-state index contributed by atoms with van der Waals surface area (Å²) < 4.78 is 23.5. The molecule has 2 atom stereocenters. The number of hydrogen-bond donors (Lipinski definition) is 2. The Balaban J connectivity index is 1.32. The summed E-state index contributed by atoms with van der Waals surface area (Å²) in [5.41, 5.74) is 1.47. The number of hydrogen-bond acceptors (Lipinski definition) is 6. The van der Waals surface area contributed by atoms with Crippen molar-refractivity contribution in [3.63, 3.8) is 0 Å². The highest BCUT2D eigenvalue weighted by atomic mass is 35.5. The Hall–Kier alpha value is -1.97. The molecule has 2 aromatic rings. The second-order valence-electron chi connectivity index (χ2n) is 12.3. The van der Waals surface area contributed by atoms with E-state index in [-0.39, 0.29) is 17.4 Å². The molecule has 0 saturated carbocycles. The number of amides is 1. The van der Waals surface area contributed by atoms with Gasteiger partial charge in [0.25, 0.3) is 0 Å². The first-order valence-electron chi connectivity index (χ1n) is 13.8. The Labute approximate surface area is 238 Å². The van der Waals surface area contributed by atoms with Crippen molar-refractivity contribution in [3.8, 4) is 0 Å². The number of carbonyl (C=O) groups excluding carboxylic acids is 1. The smallest absolute Gasteiger partial charge is 0.225 e. The average molecular weight is 576 g/mol. The number of piperidine rings is 1. The Kier molecular flexibility index (Phi) is 9.13. The number of aliphatic hydroxyl groups excluding tert-OH is 1. The zero-order valence-corrected chi connectivity index (χ0v) is 25.1. The van der Waals surface area contributed by atoms with Gasteiger partial charge in [-0.3, -0.25) is 9.69 Å². The summed E-state index contributed by atoms with van der Waals surface area (Å²) in [5, 5.41) is 15.2. The monoisotopic (exact) mass is 575 g/mol. The first-order valence-corrected chi connectivity index (χ1v) is 16.0. The lowest BCUT2D eigenvalue weighted by atomic mass is 9.76. The van der Waals surface area contributed by atoms with Crippen LogP contribution in [-0.4, -0.2) is 67.9 Å². The van der Waals surface area contributed by atoms with Crippen LogP contribution in [0.5, 0.6) is 0 Å². The highest BCUT2D eigenvalue weighted by molar-refractivity contribution is 7.90. The van der Waals surface area contributed by atoms with Crippen LogP contribution in [0.2, 0.25) is 5.02 Å². The van der Waals surface area contributed by atoms with Crippen LogP contribution in [0.1, 0.15) is 63.6 Å². The summed E-state index contributed by atoms with van der Waals surface area (Å²) in [4.78, 5) is 17.7. The van der Waals surface area contributed by atoms with Crippen LogP contribution in [0.3, 0.4) is 0 Å². The molecular weight excluding hydrogens is 534 g/mol. The minimum absolute atomic E-state index is 0.0279. The Morgan fingerprint density at radius 3 is 2.21 bits per heavy atom. The van der Waals surface area contributed by atoms with Crippen LogP contribution in [-0.2, 0) is 21.2 Å². The van der Waals surface area contributed by atoms with Crippen molar-refractivity contribution in [2.24, 2.45) is 10.8 Å². The van der Waals surface area contributed by atoms with Crippen molar-refractivity contribution in [3.05, 3.63) is 64.7 Å². The number of carbonyl (C=O) groups is 1. The van der Waals surface area contributed by atoms with Gasteiger partial charge < -0.3 is 15.3 Å². The fourth-order valence-corrected chi connectivity index (χ4v) is 6.44. The topological polar surface area (TPSA) is 90.0 Å². The van der Waals surface area contributed by atoms with E-state index in [9.17, 15) is 18.3 Å². The fraction of sp³-hybridized carbons (Fsp3) is 0.567. The van der Waals surface area contributed by atoms with E-state index in [1.165, 1.54) is 6.26 Å². The first kappa shape index (κ1) is 30.0. The molecule has 2 saturated heterocycles. The number of benzene rings is 2. The lowest BCUT2D eigenvalue weighted by Gasteiger charge is -2.42. The number of nitrogens with one attached hydrogen (secondary N) is 1. The molecule has 39 heavy (non-hydrogen) atoms. The average Bonchev–Trinajstić information content (AvgIpc) is 3.17. The normalized spacial score (nSPS) is 21.2. The summed E-state index contributed by atoms with van der Waals surface area (Å²) >= 11 is 6.10. The molecule has 1 amide bonds. The van der Waals surface area contributed by atoms with Crippen molar-refractivity contribution in [2.75, 3.05) is 32.4 Å². The van der Waals surface area contributed by atoms with Gasteiger partial charge in [0.2, 0.25) is 5.91 Å². The van der Waals surface area contributed by atoms with Gasteiger partial charge in [-0.2, -0.15) is 0 Å². The zero-order valence-electron chi connectivity index (χ0n) is 23.5. The molecule has 0 aliphatic carbocycles. The van der Waals surface area contributed by atoms with E-state index in [4.69, 9.17) is 11.6 Å². The molecule has 2 aliphatic heterocycles. The van der Waals surface area contributed by atoms with E-state index in [0.717, 1.165) is 63.0 Å². The van der Waals surface area contributed by atoms with Crippen LogP contribution in [0.15, 0.2) is 53.4 Å². The van der Waals surface area contributed by atoms with Gasteiger partial charge in [-0.05, 0) is 74.2 Å². The van der Waals surface area contributed by atoms with Crippen molar-refractivity contribution in [1.29, 1.82) is 0 Å². The molecule has 0 bridgehead atoms. The number of nitrogens with zero attached hydrogens (tertiary/aromatic N) is 2. The van der Waals surface area contributed by atoms with E-state index in [1.54, 1.807) is 12.1 Å². The summed E-state index contributed by atoms with van der Waals surface area (Å²) in [6.07, 6.45) is 4.31. The van der Waals surface area contributed by atoms with Gasteiger partial charge in [0.1, 0.15) is 6.23 Å². The Morgan fingerprint density at radius 1 is 1.05 bits per heavy atom. The molecule has 2 fully saturated rings. The van der Waals surface area contributed by atoms with Crippen LogP contribution < -0.4 is 5.32 Å². The summed E-state index contributed by atoms with van der Waals surface area (Å²) in [7, 11) is -3.22. The van der Waals surface area contributed by atoms with Gasteiger partial charge in [0.15, 0.2) is 9.84 Å². The van der Waals surface area contributed by atoms with E-state index < -0.39 is 21.5 Å². The molecular formula is C30H42ClN3O4S. The van der Waals surface area contributed by atoms with Gasteiger partial charge >= 0.3 is 0 Å². The van der Waals surface area contributed by atoms with E-state index >= 15 is 0 Å². The first-order chi connectivity index (χ1) is 18.3. The van der Waals surface area contributed by atoms with E-state index in [0.29, 0.717) is 16.5 Å². The molecule has 2 heterocycles. The number of aliphatic hydroxyl groups is 1. The number of sulfone groups is 1. The third-order valence-corrected chi connectivity index (χ3v) is 9.75. The molecule has 4 rings (SSSR count). The van der Waals surface area contributed by atoms with Crippen molar-refractivity contribution in [2.45, 2.75) is 70.2 Å². The number of rotatable bonds is 8. The van der Waals surface area contributed by atoms with E-state index in [1.807, 2.05) is 57.2 Å². The van der Waals surface area contributed by atoms with Gasteiger partial charge in [-0.15, -0.1) is 0 Å². The van der Waals surface area contributed by atoms with Crippen LogP contribution in [0.25, 0.3) is 0 Å². The molecule has 0 aromatic heterocycles. The summed E-state index contributed by atoms with van der Waals surface area (Å²) in [5.74, 6) is 0.0279. The van der Waals surface area contributed by atoms with Crippen LogP contribution in [0, 0.1) is 10.8 Å². The molecule has 214 valence electrons. The van der Waals surface area contributed by atoms with Crippen molar-refractivity contribution < 1.29 is 18.3 Å². The largest absolute Gasteiger partial charge is 0.378 e. The quantitative estimate of drug-likeness (QED) is 0.476. The van der Waals surface area contributed by atoms with Crippen molar-refractivity contribution in [1.82, 2.24) is 15.1 Å². The lowest BCUT2D eigenvalue weighted by molar-refractivity contribution is -0.129. The molecule has 2 N–H and O–H groups in total. The minimum atomic E-state index is -3.22. The molecule has 9 heteroatoms. The maximum Gasteiger partial charge on any atom is 0.225 e. The van der Waals surface area contributed by atoms with Gasteiger partial charge in [-0.25, -0.2) is 8.42 Å². The third kappa shape index (κ3) is 7.41. The molecule has 7 nitrogen and oxygen atoms in total. The van der Waals surface area contributed by atoms with Gasteiger partial charge in [0.05, 0.1) is 10.9 Å². The highest BCUT2D eigenvalue weighted by Gasteiger charge is 2.47. The molecule has 2 aromatic carbocycles. The summed E-state index contributed by atoms with van der Waals surface area (Å²) in [6, 6.07) is 14.6. The second kappa shape index (κ2) is 11.9. The minimum Gasteiger partial charge on any atom is -0.378 e. The molecule has 2 aliphatic rings. The van der Waals surface area contributed by atoms with Crippen LogP contribution in [0.4, 0.5) is 0 Å². The predicted molar refractivity (Wildman–Crippen MR) is 155 cm³/mol. The predicted octanol–water partition coefficient (Wildman–Crippen LogP) is 4.64. The SMILES string of the molecule is CC(C)(C)C(=O)NC(CCN1CCC2(CC1)CCN(Cc1ccc(S(C)(=O)=O)cc1)C2O)c1ccc(Cl)cc1. The molecule has 2 unspecified atom stereocenters. The maximum absolute atomic E-state index is 12.8. The molecule has 1 spiro atoms. The highest BCUT2D eigenvalue weighted by Crippen LogP contribution is 2.45. The standard InChI is InChI=1S/C30H42ClN3O4S/c1-29(2,3)27(35)32-26(23-7-9-24(31)10-8-23)13-17-33-18-14-30(15-19-33)16-20-34(28(30)36)21-22-5-11-25(12-6-22)39(4,37)38/h5-12,26,28,36H,13-21H2,1-4H3,(H,32,35). The number of halogens is 1. The summed E-state index contributed by atoms with van der Waals surface area (Å²) in [6.45, 7) is 9.88. The number of likely N-dealkylation sites (tertiary alicyclic amines) is 2. The third-order valence-electron chi connectivity index (χ3n) is 8.37. The van der Waals surface area contributed by atoms with Gasteiger partial charge in [0, 0.05) is 41.7 Å². The van der Waals surface area contributed by atoms with Crippen molar-refractivity contribution >= 4 is 27.3 Å². The zero-order chi connectivity index (χ0) is 28.4. The Morgan fingerprint density at radius 2 is 1.64 bits per heavy atom. The fourth-order valence-electron chi connectivity index (χ4n) is 5.68. The maximum atomic E-state index is 12.8. The van der Waals surface area contributed by atoms with Gasteiger partial charge in [-0.1, -0.05) is 56.6 Å². The van der Waals surface area contributed by atoms with Crippen LogP contribution >= 0.6 is 11.6 Å². The Bertz CT molecular complexity index is 1230.